The zero-order chi connectivity index (χ0) is 18.3. The molecule has 0 saturated carbocycles. The molecule has 0 aliphatic carbocycles. The maximum absolute atomic E-state index is 13.5. The van der Waals surface area contributed by atoms with E-state index in [9.17, 15) is 13.2 Å². The lowest BCUT2D eigenvalue weighted by Crippen LogP contribution is -2.07. The quantitative estimate of drug-likeness (QED) is 0.586. The van der Waals surface area contributed by atoms with Crippen molar-refractivity contribution in [1.29, 1.82) is 0 Å². The fourth-order valence-corrected chi connectivity index (χ4v) is 3.69. The molecule has 0 unspecified atom stereocenters. The van der Waals surface area contributed by atoms with Crippen LogP contribution in [0.15, 0.2) is 42.9 Å². The van der Waals surface area contributed by atoms with E-state index in [1.54, 1.807) is 30.1 Å². The number of nitrogens with one attached hydrogen (secondary N) is 1. The van der Waals surface area contributed by atoms with E-state index in [0.29, 0.717) is 21.4 Å². The molecule has 3 heterocycles. The molecule has 0 bridgehead atoms. The van der Waals surface area contributed by atoms with E-state index in [4.69, 9.17) is 0 Å². The Morgan fingerprint density at radius 1 is 1.15 bits per heavy atom. The molecule has 0 radical (unpaired) electrons. The molecule has 0 fully saturated rings. The number of aromatic nitrogens is 6. The SMILES string of the molecule is Cn1nccc1-c1nc(-c2ccccc2C(F)(F)F)c(-c2ncn[nH]2)s1. The van der Waals surface area contributed by atoms with Crippen LogP contribution in [0.25, 0.3) is 32.7 Å². The number of hydrogen-bond donors (Lipinski definition) is 1. The van der Waals surface area contributed by atoms with Crippen LogP contribution < -0.4 is 0 Å². The predicted octanol–water partition coefficient (Wildman–Crippen LogP) is 4.01. The summed E-state index contributed by atoms with van der Waals surface area (Å²) in [5.41, 5.74) is 0.154. The fourth-order valence-electron chi connectivity index (χ4n) is 2.61. The van der Waals surface area contributed by atoms with Crippen molar-refractivity contribution in [1.82, 2.24) is 29.9 Å². The van der Waals surface area contributed by atoms with Gasteiger partial charge in [-0.25, -0.2) is 9.97 Å². The van der Waals surface area contributed by atoms with Crippen molar-refractivity contribution in [2.24, 2.45) is 7.05 Å². The minimum absolute atomic E-state index is 0.00364. The molecule has 4 aromatic rings. The van der Waals surface area contributed by atoms with Crippen molar-refractivity contribution in [3.8, 4) is 32.7 Å². The Balaban J connectivity index is 1.97. The van der Waals surface area contributed by atoms with Gasteiger partial charge in [-0.15, -0.1) is 11.3 Å². The Morgan fingerprint density at radius 3 is 2.62 bits per heavy atom. The summed E-state index contributed by atoms with van der Waals surface area (Å²) in [6.07, 6.45) is -1.59. The number of halogens is 3. The number of aromatic amines is 1. The third-order valence-corrected chi connectivity index (χ3v) is 4.87. The molecule has 1 N–H and O–H groups in total. The number of hydrogen-bond acceptors (Lipinski definition) is 5. The summed E-state index contributed by atoms with van der Waals surface area (Å²) in [6.45, 7) is 0. The van der Waals surface area contributed by atoms with Crippen LogP contribution in [-0.4, -0.2) is 29.9 Å². The Bertz CT molecular complexity index is 1050. The standard InChI is InChI=1S/C16H11F3N6S/c1-25-11(6-7-22-25)15-23-12(13(26-15)14-20-8-21-24-14)9-4-2-3-5-10(9)16(17,18)19/h2-8H,1H3,(H,20,21,24). The van der Waals surface area contributed by atoms with Crippen LogP contribution in [0, 0.1) is 0 Å². The largest absolute Gasteiger partial charge is 0.417 e. The van der Waals surface area contributed by atoms with Crippen LogP contribution in [0.4, 0.5) is 13.2 Å². The van der Waals surface area contributed by atoms with Crippen LogP contribution in [0.1, 0.15) is 5.56 Å². The molecule has 0 atom stereocenters. The lowest BCUT2D eigenvalue weighted by atomic mass is 10.0. The van der Waals surface area contributed by atoms with Gasteiger partial charge in [0.2, 0.25) is 0 Å². The lowest BCUT2D eigenvalue weighted by Gasteiger charge is -2.11. The van der Waals surface area contributed by atoms with E-state index in [2.05, 4.69) is 25.3 Å². The number of benzene rings is 1. The van der Waals surface area contributed by atoms with E-state index in [-0.39, 0.29) is 11.3 Å². The molecule has 10 heteroatoms. The van der Waals surface area contributed by atoms with Crippen LogP contribution in [0.3, 0.4) is 0 Å². The van der Waals surface area contributed by atoms with Crippen molar-refractivity contribution in [3.63, 3.8) is 0 Å². The summed E-state index contributed by atoms with van der Waals surface area (Å²) in [7, 11) is 1.74. The van der Waals surface area contributed by atoms with Gasteiger partial charge in [-0.05, 0) is 12.1 Å². The molecule has 132 valence electrons. The van der Waals surface area contributed by atoms with Gasteiger partial charge in [-0.1, -0.05) is 18.2 Å². The maximum Gasteiger partial charge on any atom is 0.417 e. The van der Waals surface area contributed by atoms with Gasteiger partial charge in [-0.2, -0.15) is 23.4 Å². The first-order valence-electron chi connectivity index (χ1n) is 7.46. The molecule has 0 saturated heterocycles. The molecule has 0 aliphatic rings. The van der Waals surface area contributed by atoms with Crippen LogP contribution in [0.2, 0.25) is 0 Å². The number of nitrogens with zero attached hydrogens (tertiary/aromatic N) is 5. The first kappa shape index (κ1) is 16.5. The topological polar surface area (TPSA) is 72.3 Å². The summed E-state index contributed by atoms with van der Waals surface area (Å²) >= 11 is 1.23. The number of aryl methyl sites for hydroxylation is 1. The average Bonchev–Trinajstić information content (AvgIpc) is 3.33. The van der Waals surface area contributed by atoms with Crippen molar-refractivity contribution in [3.05, 3.63) is 48.4 Å². The van der Waals surface area contributed by atoms with E-state index in [1.807, 2.05) is 0 Å². The minimum atomic E-state index is -4.49. The summed E-state index contributed by atoms with van der Waals surface area (Å²) < 4.78 is 42.0. The molecule has 0 aliphatic heterocycles. The molecule has 4 rings (SSSR count). The van der Waals surface area contributed by atoms with Gasteiger partial charge >= 0.3 is 6.18 Å². The van der Waals surface area contributed by atoms with Gasteiger partial charge < -0.3 is 0 Å². The Morgan fingerprint density at radius 2 is 1.96 bits per heavy atom. The molecule has 6 nitrogen and oxygen atoms in total. The van der Waals surface area contributed by atoms with Crippen molar-refractivity contribution < 1.29 is 13.2 Å². The summed E-state index contributed by atoms with van der Waals surface area (Å²) in [4.78, 5) is 9.05. The van der Waals surface area contributed by atoms with Crippen LogP contribution in [0.5, 0.6) is 0 Å². The number of rotatable bonds is 3. The second-order valence-corrected chi connectivity index (χ2v) is 6.41. The number of H-pyrrole nitrogens is 1. The van der Waals surface area contributed by atoms with Gasteiger partial charge in [0.25, 0.3) is 0 Å². The Hall–Kier alpha value is -3.01. The van der Waals surface area contributed by atoms with Gasteiger partial charge in [0.1, 0.15) is 11.3 Å². The maximum atomic E-state index is 13.5. The second-order valence-electron chi connectivity index (χ2n) is 5.41. The fraction of sp³-hybridized carbons (Fsp3) is 0.125. The average molecular weight is 376 g/mol. The van der Waals surface area contributed by atoms with Gasteiger partial charge in [0.15, 0.2) is 5.82 Å². The molecule has 0 spiro atoms. The zero-order valence-corrected chi connectivity index (χ0v) is 14.1. The molecular weight excluding hydrogens is 365 g/mol. The van der Waals surface area contributed by atoms with E-state index in [0.717, 1.165) is 6.07 Å². The van der Waals surface area contributed by atoms with E-state index < -0.39 is 11.7 Å². The van der Waals surface area contributed by atoms with Crippen LogP contribution in [-0.2, 0) is 13.2 Å². The molecule has 26 heavy (non-hydrogen) atoms. The van der Waals surface area contributed by atoms with Crippen molar-refractivity contribution >= 4 is 11.3 Å². The Labute approximate surface area is 149 Å². The molecule has 3 aromatic heterocycles. The third-order valence-electron chi connectivity index (χ3n) is 3.78. The first-order chi connectivity index (χ1) is 12.4. The minimum Gasteiger partial charge on any atom is -0.266 e. The van der Waals surface area contributed by atoms with E-state index >= 15 is 0 Å². The zero-order valence-electron chi connectivity index (χ0n) is 13.3. The number of alkyl halides is 3. The van der Waals surface area contributed by atoms with E-state index in [1.165, 1.54) is 29.8 Å². The normalized spacial score (nSPS) is 11.8. The summed E-state index contributed by atoms with van der Waals surface area (Å²) in [5.74, 6) is 0.364. The second kappa shape index (κ2) is 6.06. The molecular formula is C16H11F3N6S. The van der Waals surface area contributed by atoms with Gasteiger partial charge in [-0.3, -0.25) is 9.78 Å². The summed E-state index contributed by atoms with van der Waals surface area (Å²) in [5, 5.41) is 11.1. The first-order valence-corrected chi connectivity index (χ1v) is 8.28. The van der Waals surface area contributed by atoms with Gasteiger partial charge in [0.05, 0.1) is 21.8 Å². The summed E-state index contributed by atoms with van der Waals surface area (Å²) in [6, 6.07) is 7.11. The van der Waals surface area contributed by atoms with Crippen molar-refractivity contribution in [2.75, 3.05) is 0 Å². The highest BCUT2D eigenvalue weighted by atomic mass is 32.1. The van der Waals surface area contributed by atoms with Crippen molar-refractivity contribution in [2.45, 2.75) is 6.18 Å². The Kier molecular flexibility index (Phi) is 3.83. The highest BCUT2D eigenvalue weighted by molar-refractivity contribution is 7.18. The third kappa shape index (κ3) is 2.77. The lowest BCUT2D eigenvalue weighted by molar-refractivity contribution is -0.137. The van der Waals surface area contributed by atoms with Gasteiger partial charge in [0, 0.05) is 18.8 Å². The highest BCUT2D eigenvalue weighted by Gasteiger charge is 2.35. The number of thiazole rings is 1. The molecule has 0 amide bonds. The predicted molar refractivity (Wildman–Crippen MR) is 90.1 cm³/mol. The molecule has 1 aromatic carbocycles. The smallest absolute Gasteiger partial charge is 0.266 e. The highest BCUT2D eigenvalue weighted by Crippen LogP contribution is 2.43. The monoisotopic (exact) mass is 376 g/mol. The van der Waals surface area contributed by atoms with Crippen LogP contribution >= 0.6 is 11.3 Å².